The number of unbranched alkanes of at least 4 members (excludes halogenated alkanes) is 5. The summed E-state index contributed by atoms with van der Waals surface area (Å²) in [5.74, 6) is -1.04. The first-order chi connectivity index (χ1) is 9.82. The van der Waals surface area contributed by atoms with Gasteiger partial charge in [-0.05, 0) is 32.6 Å². The zero-order valence-corrected chi connectivity index (χ0v) is 14.1. The van der Waals surface area contributed by atoms with Gasteiger partial charge < -0.3 is 9.84 Å². The average molecular weight is 300 g/mol. The fourth-order valence-corrected chi connectivity index (χ4v) is 2.14. The number of rotatable bonds is 12. The van der Waals surface area contributed by atoms with Crippen molar-refractivity contribution in [3.05, 3.63) is 0 Å². The van der Waals surface area contributed by atoms with E-state index in [9.17, 15) is 9.59 Å². The molecular weight excluding hydrogens is 268 g/mol. The molecule has 0 radical (unpaired) electrons. The summed E-state index contributed by atoms with van der Waals surface area (Å²) in [5.41, 5.74) is -0.627. The molecule has 0 aliphatic rings. The molecule has 124 valence electrons. The van der Waals surface area contributed by atoms with Gasteiger partial charge in [0, 0.05) is 6.42 Å². The van der Waals surface area contributed by atoms with E-state index in [2.05, 4.69) is 6.92 Å². The molecule has 0 fully saturated rings. The van der Waals surface area contributed by atoms with Gasteiger partial charge in [-0.1, -0.05) is 46.0 Å². The van der Waals surface area contributed by atoms with Crippen molar-refractivity contribution in [2.24, 2.45) is 11.3 Å². The van der Waals surface area contributed by atoms with E-state index in [-0.39, 0.29) is 18.3 Å². The van der Waals surface area contributed by atoms with Crippen LogP contribution in [0.5, 0.6) is 0 Å². The van der Waals surface area contributed by atoms with Gasteiger partial charge in [-0.15, -0.1) is 0 Å². The largest absolute Gasteiger partial charge is 0.481 e. The predicted octanol–water partition coefficient (Wildman–Crippen LogP) is 4.42. The molecule has 0 amide bonds. The molecule has 0 aliphatic carbocycles. The van der Waals surface area contributed by atoms with Crippen molar-refractivity contribution < 1.29 is 19.4 Å². The molecule has 21 heavy (non-hydrogen) atoms. The molecule has 0 saturated carbocycles. The molecule has 0 spiro atoms. The zero-order valence-electron chi connectivity index (χ0n) is 14.1. The highest BCUT2D eigenvalue weighted by Gasteiger charge is 2.35. The molecule has 0 saturated heterocycles. The summed E-state index contributed by atoms with van der Waals surface area (Å²) in [6.07, 6.45) is 7.55. The molecule has 0 aliphatic heterocycles. The summed E-state index contributed by atoms with van der Waals surface area (Å²) in [6.45, 7) is 8.25. The van der Waals surface area contributed by atoms with Crippen molar-refractivity contribution in [3.63, 3.8) is 0 Å². The summed E-state index contributed by atoms with van der Waals surface area (Å²) in [7, 11) is 0. The first-order valence-corrected chi connectivity index (χ1v) is 8.21. The van der Waals surface area contributed by atoms with Gasteiger partial charge in [0.05, 0.1) is 12.0 Å². The van der Waals surface area contributed by atoms with Crippen LogP contribution in [0.3, 0.4) is 0 Å². The molecule has 0 bridgehead atoms. The van der Waals surface area contributed by atoms with Crippen LogP contribution in [0.15, 0.2) is 0 Å². The van der Waals surface area contributed by atoms with Crippen molar-refractivity contribution in [2.45, 2.75) is 79.1 Å². The molecule has 1 N–H and O–H groups in total. The molecule has 1 atom stereocenters. The summed E-state index contributed by atoms with van der Waals surface area (Å²) in [5, 5.41) is 8.71. The van der Waals surface area contributed by atoms with Crippen LogP contribution in [0, 0.1) is 11.3 Å². The summed E-state index contributed by atoms with van der Waals surface area (Å²) in [6, 6.07) is 0. The molecule has 4 nitrogen and oxygen atoms in total. The standard InChI is InChI=1S/C17H32O4/c1-5-6-7-8-9-10-13-21-16(20)17(3,4)14(2)11-12-15(18)19/h14H,5-13H2,1-4H3,(H,18,19). The number of carbonyl (C=O) groups excluding carboxylic acids is 1. The van der Waals surface area contributed by atoms with Crippen molar-refractivity contribution in [3.8, 4) is 0 Å². The number of esters is 1. The Kier molecular flexibility index (Phi) is 10.1. The Morgan fingerprint density at radius 2 is 1.67 bits per heavy atom. The van der Waals surface area contributed by atoms with Gasteiger partial charge in [0.1, 0.15) is 0 Å². The molecule has 0 aromatic carbocycles. The quantitative estimate of drug-likeness (QED) is 0.428. The number of carbonyl (C=O) groups is 2. The lowest BCUT2D eigenvalue weighted by Crippen LogP contribution is -2.33. The second kappa shape index (κ2) is 10.6. The van der Waals surface area contributed by atoms with Crippen LogP contribution in [0.4, 0.5) is 0 Å². The normalized spacial score (nSPS) is 13.0. The molecule has 0 aromatic rings. The summed E-state index contributed by atoms with van der Waals surface area (Å²) in [4.78, 5) is 22.7. The third-order valence-electron chi connectivity index (χ3n) is 4.28. The van der Waals surface area contributed by atoms with E-state index in [1.165, 1.54) is 25.7 Å². The molecule has 1 unspecified atom stereocenters. The Balaban J connectivity index is 3.93. The second-order valence-corrected chi connectivity index (χ2v) is 6.46. The van der Waals surface area contributed by atoms with Gasteiger partial charge in [0.15, 0.2) is 0 Å². The highest BCUT2D eigenvalue weighted by Crippen LogP contribution is 2.31. The van der Waals surface area contributed by atoms with E-state index in [1.807, 2.05) is 20.8 Å². The second-order valence-electron chi connectivity index (χ2n) is 6.46. The SMILES string of the molecule is CCCCCCCCOC(=O)C(C)(C)C(C)CCC(=O)O. The number of hydrogen-bond acceptors (Lipinski definition) is 3. The number of ether oxygens (including phenoxy) is 1. The monoisotopic (exact) mass is 300 g/mol. The Hall–Kier alpha value is -1.06. The Morgan fingerprint density at radius 1 is 1.10 bits per heavy atom. The Labute approximate surface area is 129 Å². The van der Waals surface area contributed by atoms with E-state index < -0.39 is 11.4 Å². The predicted molar refractivity (Wildman–Crippen MR) is 84.1 cm³/mol. The van der Waals surface area contributed by atoms with Crippen molar-refractivity contribution in [1.82, 2.24) is 0 Å². The zero-order chi connectivity index (χ0) is 16.3. The lowest BCUT2D eigenvalue weighted by atomic mass is 9.77. The van der Waals surface area contributed by atoms with E-state index in [0.29, 0.717) is 13.0 Å². The Bertz CT molecular complexity index is 310. The topological polar surface area (TPSA) is 63.6 Å². The molecule has 0 heterocycles. The van der Waals surface area contributed by atoms with Gasteiger partial charge in [0.25, 0.3) is 0 Å². The van der Waals surface area contributed by atoms with Crippen LogP contribution >= 0.6 is 0 Å². The smallest absolute Gasteiger partial charge is 0.311 e. The van der Waals surface area contributed by atoms with Gasteiger partial charge >= 0.3 is 11.9 Å². The average Bonchev–Trinajstić information content (AvgIpc) is 2.43. The molecular formula is C17H32O4. The van der Waals surface area contributed by atoms with Gasteiger partial charge in [-0.25, -0.2) is 0 Å². The highest BCUT2D eigenvalue weighted by atomic mass is 16.5. The van der Waals surface area contributed by atoms with E-state index in [1.54, 1.807) is 0 Å². The third-order valence-corrected chi connectivity index (χ3v) is 4.28. The van der Waals surface area contributed by atoms with Crippen LogP contribution in [0.2, 0.25) is 0 Å². The lowest BCUT2D eigenvalue weighted by molar-refractivity contribution is -0.157. The molecule has 0 rings (SSSR count). The van der Waals surface area contributed by atoms with Crippen molar-refractivity contribution in [1.29, 1.82) is 0 Å². The van der Waals surface area contributed by atoms with Crippen LogP contribution in [0.25, 0.3) is 0 Å². The summed E-state index contributed by atoms with van der Waals surface area (Å²) >= 11 is 0. The maximum absolute atomic E-state index is 12.1. The van der Waals surface area contributed by atoms with Crippen LogP contribution < -0.4 is 0 Å². The minimum atomic E-state index is -0.821. The number of hydrogen-bond donors (Lipinski definition) is 1. The van der Waals surface area contributed by atoms with Gasteiger partial charge in [0.2, 0.25) is 0 Å². The molecule has 4 heteroatoms. The first kappa shape index (κ1) is 19.9. The highest BCUT2D eigenvalue weighted by molar-refractivity contribution is 5.76. The van der Waals surface area contributed by atoms with Crippen LogP contribution in [0.1, 0.15) is 79.1 Å². The van der Waals surface area contributed by atoms with Crippen molar-refractivity contribution in [2.75, 3.05) is 6.61 Å². The van der Waals surface area contributed by atoms with E-state index >= 15 is 0 Å². The first-order valence-electron chi connectivity index (χ1n) is 8.21. The van der Waals surface area contributed by atoms with E-state index in [4.69, 9.17) is 9.84 Å². The number of carboxylic acid groups (broad SMARTS) is 1. The number of carboxylic acids is 1. The third kappa shape index (κ3) is 8.74. The maximum Gasteiger partial charge on any atom is 0.311 e. The Morgan fingerprint density at radius 3 is 2.24 bits per heavy atom. The minimum Gasteiger partial charge on any atom is -0.481 e. The minimum absolute atomic E-state index is 0.00865. The molecule has 0 aromatic heterocycles. The fraction of sp³-hybridized carbons (Fsp3) is 0.882. The van der Waals surface area contributed by atoms with E-state index in [0.717, 1.165) is 12.8 Å². The number of aliphatic carboxylic acids is 1. The van der Waals surface area contributed by atoms with Gasteiger partial charge in [-0.3, -0.25) is 9.59 Å². The van der Waals surface area contributed by atoms with Gasteiger partial charge in [-0.2, -0.15) is 0 Å². The van der Waals surface area contributed by atoms with Crippen LogP contribution in [-0.2, 0) is 14.3 Å². The summed E-state index contributed by atoms with van der Waals surface area (Å²) < 4.78 is 5.35. The van der Waals surface area contributed by atoms with Crippen molar-refractivity contribution >= 4 is 11.9 Å². The fourth-order valence-electron chi connectivity index (χ4n) is 2.14. The maximum atomic E-state index is 12.1. The lowest BCUT2D eigenvalue weighted by Gasteiger charge is -2.29. The van der Waals surface area contributed by atoms with Crippen LogP contribution in [-0.4, -0.2) is 23.7 Å².